The lowest BCUT2D eigenvalue weighted by molar-refractivity contribution is -0.301. The Morgan fingerprint density at radius 3 is 1.33 bits per heavy atom. The van der Waals surface area contributed by atoms with Gasteiger partial charge in [0, 0.05) is 19.3 Å². The predicted molar refractivity (Wildman–Crippen MR) is 303 cm³/mol. The van der Waals surface area contributed by atoms with Gasteiger partial charge in [0.2, 0.25) is 0 Å². The molecule has 0 saturated carbocycles. The summed E-state index contributed by atoms with van der Waals surface area (Å²) >= 11 is 0. The third kappa shape index (κ3) is 40.1. The molecule has 1 rings (SSSR count). The lowest BCUT2D eigenvalue weighted by atomic mass is 9.98. The second kappa shape index (κ2) is 50.0. The molecule has 1 aliphatic heterocycles. The average molecular weight is 1050 g/mol. The molecule has 1 saturated heterocycles. The number of unbranched alkanes of at least 4 members (excludes halogenated alkanes) is 12. The Kier molecular flexibility index (Phi) is 45.4. The molecule has 0 aromatic carbocycles. The minimum atomic E-state index is -1.93. The molecule has 0 aromatic rings. The summed E-state index contributed by atoms with van der Waals surface area (Å²) in [6, 6.07) is 0. The van der Waals surface area contributed by atoms with Crippen LogP contribution in [0.1, 0.15) is 201 Å². The molecule has 0 aliphatic carbocycles. The number of rotatable bonds is 46. The minimum absolute atomic E-state index is 0.0293. The number of carbonyl (C=O) groups excluding carboxylic acids is 3. The number of aliphatic hydroxyl groups excluding tert-OH is 2. The number of carbonyl (C=O) groups is 4. The molecule has 1 heterocycles. The van der Waals surface area contributed by atoms with Crippen LogP contribution in [0.4, 0.5) is 0 Å². The predicted octanol–water partition coefficient (Wildman–Crippen LogP) is 14.4. The maximum atomic E-state index is 13.1. The van der Waals surface area contributed by atoms with Gasteiger partial charge in [-0.05, 0) is 122 Å². The van der Waals surface area contributed by atoms with E-state index in [1.165, 1.54) is 19.3 Å². The van der Waals surface area contributed by atoms with Crippen LogP contribution in [0.3, 0.4) is 0 Å². The summed E-state index contributed by atoms with van der Waals surface area (Å²) in [4.78, 5) is 51.0. The average Bonchev–Trinajstić information content (AvgIpc) is 3.39. The smallest absolute Gasteiger partial charge is 0.335 e. The van der Waals surface area contributed by atoms with Gasteiger partial charge in [-0.25, -0.2) is 4.79 Å². The van der Waals surface area contributed by atoms with Crippen molar-refractivity contribution in [2.45, 2.75) is 237 Å². The Hall–Kier alpha value is -4.88. The second-order valence-electron chi connectivity index (χ2n) is 18.8. The molecule has 0 bridgehead atoms. The highest BCUT2D eigenvalue weighted by atomic mass is 16.7. The number of aliphatic hydroxyl groups is 2. The van der Waals surface area contributed by atoms with Crippen molar-refractivity contribution in [1.29, 1.82) is 0 Å². The van der Waals surface area contributed by atoms with Gasteiger partial charge in [-0.3, -0.25) is 14.4 Å². The highest BCUT2D eigenvalue weighted by molar-refractivity contribution is 5.74. The third-order valence-corrected chi connectivity index (χ3v) is 12.0. The molecule has 1 aliphatic rings. The maximum Gasteiger partial charge on any atom is 0.335 e. The number of hydrogen-bond acceptors (Lipinski definition) is 11. The largest absolute Gasteiger partial charge is 0.479 e. The number of allylic oxidation sites excluding steroid dienone is 20. The zero-order valence-electron chi connectivity index (χ0n) is 46.2. The van der Waals surface area contributed by atoms with Crippen molar-refractivity contribution < 1.29 is 58.2 Å². The van der Waals surface area contributed by atoms with Gasteiger partial charge >= 0.3 is 23.9 Å². The van der Waals surface area contributed by atoms with E-state index < -0.39 is 67.3 Å². The first-order chi connectivity index (χ1) is 36.6. The summed E-state index contributed by atoms with van der Waals surface area (Å²) in [5.41, 5.74) is 0. The molecule has 6 unspecified atom stereocenters. The quantitative estimate of drug-likeness (QED) is 0.0228. The number of ether oxygens (including phenoxy) is 5. The number of carboxylic acids is 1. The fourth-order valence-electron chi connectivity index (χ4n) is 7.68. The molecule has 0 amide bonds. The first-order valence-corrected chi connectivity index (χ1v) is 28.5. The van der Waals surface area contributed by atoms with Crippen LogP contribution in [-0.4, -0.2) is 89.2 Å². The summed E-state index contributed by atoms with van der Waals surface area (Å²) in [5, 5.41) is 31.4. The van der Waals surface area contributed by atoms with Crippen LogP contribution in [0.5, 0.6) is 0 Å². The molecule has 0 radical (unpaired) electrons. The van der Waals surface area contributed by atoms with Gasteiger partial charge in [0.05, 0.1) is 6.61 Å². The summed E-state index contributed by atoms with van der Waals surface area (Å²) in [6.45, 7) is 5.65. The lowest BCUT2D eigenvalue weighted by Gasteiger charge is -2.40. The molecule has 0 aromatic heterocycles. The molecular formula is C63H98O12. The van der Waals surface area contributed by atoms with Crippen molar-refractivity contribution >= 4 is 23.9 Å². The van der Waals surface area contributed by atoms with Crippen molar-refractivity contribution in [2.24, 2.45) is 0 Å². The number of esters is 3. The normalized spacial score (nSPS) is 19.1. The van der Waals surface area contributed by atoms with Crippen molar-refractivity contribution in [3.05, 3.63) is 122 Å². The summed E-state index contributed by atoms with van der Waals surface area (Å²) in [6.07, 6.45) is 56.1. The number of aliphatic carboxylic acids is 1. The molecule has 12 nitrogen and oxygen atoms in total. The van der Waals surface area contributed by atoms with Crippen LogP contribution in [0, 0.1) is 0 Å². The third-order valence-electron chi connectivity index (χ3n) is 12.0. The van der Waals surface area contributed by atoms with E-state index in [0.29, 0.717) is 25.7 Å². The lowest BCUT2D eigenvalue weighted by Crippen LogP contribution is -2.61. The van der Waals surface area contributed by atoms with E-state index >= 15 is 0 Å². The van der Waals surface area contributed by atoms with Crippen molar-refractivity contribution in [3.63, 3.8) is 0 Å². The summed E-state index contributed by atoms with van der Waals surface area (Å²) in [5.74, 6) is -3.28. The van der Waals surface area contributed by atoms with Gasteiger partial charge in [0.1, 0.15) is 18.8 Å². The Morgan fingerprint density at radius 1 is 0.453 bits per heavy atom. The van der Waals surface area contributed by atoms with E-state index in [2.05, 4.69) is 130 Å². The molecule has 0 spiro atoms. The first kappa shape index (κ1) is 68.1. The highest BCUT2D eigenvalue weighted by Crippen LogP contribution is 2.26. The van der Waals surface area contributed by atoms with Gasteiger partial charge in [0.15, 0.2) is 24.6 Å². The fourth-order valence-corrected chi connectivity index (χ4v) is 7.68. The molecule has 6 atom stereocenters. The van der Waals surface area contributed by atoms with Crippen LogP contribution in [0.2, 0.25) is 0 Å². The molecule has 12 heteroatoms. The van der Waals surface area contributed by atoms with E-state index in [1.54, 1.807) is 0 Å². The summed E-state index contributed by atoms with van der Waals surface area (Å²) < 4.78 is 28.3. The van der Waals surface area contributed by atoms with Crippen LogP contribution in [0.15, 0.2) is 122 Å². The molecule has 3 N–H and O–H groups in total. The van der Waals surface area contributed by atoms with E-state index in [1.807, 2.05) is 12.2 Å². The van der Waals surface area contributed by atoms with Crippen LogP contribution < -0.4 is 0 Å². The van der Waals surface area contributed by atoms with Crippen LogP contribution >= 0.6 is 0 Å². The van der Waals surface area contributed by atoms with Crippen LogP contribution in [0.25, 0.3) is 0 Å². The Labute approximate surface area is 452 Å². The Bertz CT molecular complexity index is 1770. The zero-order valence-corrected chi connectivity index (χ0v) is 46.2. The fraction of sp³-hybridized carbons (Fsp3) is 0.619. The minimum Gasteiger partial charge on any atom is -0.479 e. The second-order valence-corrected chi connectivity index (χ2v) is 18.8. The number of carboxylic acid groups (broad SMARTS) is 1. The molecule has 422 valence electrons. The monoisotopic (exact) mass is 1050 g/mol. The first-order valence-electron chi connectivity index (χ1n) is 28.5. The summed E-state index contributed by atoms with van der Waals surface area (Å²) in [7, 11) is 0. The van der Waals surface area contributed by atoms with Gasteiger partial charge in [-0.15, -0.1) is 0 Å². The topological polar surface area (TPSA) is 175 Å². The zero-order chi connectivity index (χ0) is 54.7. The van der Waals surface area contributed by atoms with Crippen molar-refractivity contribution in [1.82, 2.24) is 0 Å². The van der Waals surface area contributed by atoms with E-state index in [0.717, 1.165) is 116 Å². The van der Waals surface area contributed by atoms with E-state index in [4.69, 9.17) is 23.7 Å². The standard InChI is InChI=1S/C63H98O12/c1-4-7-10-13-16-19-22-25-27-28-30-33-36-39-42-45-48-51-57(66)74-61-59(68)58(67)60(62(69)70)75-63(61)72-53-54(73-56(65)50-47-44-41-38-35-31-24-21-18-15-12-9-6-3)52-71-55(64)49-46-43-40-37-34-32-29-26-23-20-17-14-11-8-5-2/h7,9-10,12,16-21,25-27,29-31,33,35,39,42,54,58-61,63,67-68H,4-6,8,11,13-15,22-24,28,32,34,36-38,40-41,43-53H2,1-3H3,(H,69,70)/b10-7-,12-9-,19-16-,20-17-,21-18-,27-25-,29-26-,33-30-,35-31-,42-39-. The highest BCUT2D eigenvalue weighted by Gasteiger charge is 2.50. The van der Waals surface area contributed by atoms with Crippen molar-refractivity contribution in [2.75, 3.05) is 13.2 Å². The van der Waals surface area contributed by atoms with Gasteiger partial charge in [-0.1, -0.05) is 181 Å². The van der Waals surface area contributed by atoms with Gasteiger partial charge < -0.3 is 39.0 Å². The SMILES string of the molecule is CC/C=C\C/C=C\C/C=C\C/C=C\C/C=C\CCCC(=O)OC1C(OCC(COC(=O)CCCCCCC/C=C\C/C=C\CCCCC)OC(=O)CCCCC/C=C\C/C=C\C/C=C\CC)OC(C(=O)O)C(O)C1O. The van der Waals surface area contributed by atoms with E-state index in [-0.39, 0.29) is 25.9 Å². The molecule has 1 fully saturated rings. The Morgan fingerprint density at radius 2 is 0.853 bits per heavy atom. The van der Waals surface area contributed by atoms with E-state index in [9.17, 15) is 34.5 Å². The maximum absolute atomic E-state index is 13.1. The number of hydrogen-bond donors (Lipinski definition) is 3. The van der Waals surface area contributed by atoms with Gasteiger partial charge in [-0.2, -0.15) is 0 Å². The van der Waals surface area contributed by atoms with Crippen LogP contribution in [-0.2, 0) is 42.9 Å². The van der Waals surface area contributed by atoms with Crippen molar-refractivity contribution in [3.8, 4) is 0 Å². The van der Waals surface area contributed by atoms with Gasteiger partial charge in [0.25, 0.3) is 0 Å². The molecule has 75 heavy (non-hydrogen) atoms. The molecular weight excluding hydrogens is 949 g/mol. The Balaban J connectivity index is 2.77.